The molecule has 1 fully saturated rings. The molecule has 0 spiro atoms. The zero-order chi connectivity index (χ0) is 24.7. The fraction of sp³-hybridized carbons (Fsp3) is 0.640. The summed E-state index contributed by atoms with van der Waals surface area (Å²) in [6, 6.07) is 2.02. The molecule has 5 atom stereocenters. The first-order chi connectivity index (χ1) is 16.3. The standard InChI is InChI=1S/C25H34ClFN2O4S/c1-3-4-7-20(30)16-11-15(13-28-14-16)9-10-17-18(21(31)12-19(17)26)6-5-8-22-29-24(27)23(34-22)25(32)33-2/h11,13-14,17-21,30-31H,3-10,12H2,1-2H3/t17-,18-,19?,20?,21?/m1/s1. The molecule has 2 aromatic rings. The summed E-state index contributed by atoms with van der Waals surface area (Å²) in [5.41, 5.74) is 1.91. The third-order valence-electron chi connectivity index (χ3n) is 6.70. The molecular formula is C25H34ClFN2O4S. The maximum atomic E-state index is 13.9. The maximum Gasteiger partial charge on any atom is 0.352 e. The summed E-state index contributed by atoms with van der Waals surface area (Å²) in [5, 5.41) is 21.4. The minimum Gasteiger partial charge on any atom is -0.465 e. The third-order valence-corrected chi connectivity index (χ3v) is 8.27. The van der Waals surface area contributed by atoms with Crippen molar-refractivity contribution in [2.75, 3.05) is 7.11 Å². The van der Waals surface area contributed by atoms with Crippen LogP contribution in [0, 0.1) is 17.8 Å². The number of carbonyl (C=O) groups is 1. The van der Waals surface area contributed by atoms with Crippen molar-refractivity contribution >= 4 is 28.9 Å². The molecular weight excluding hydrogens is 479 g/mol. The Balaban J connectivity index is 1.55. The predicted molar refractivity (Wildman–Crippen MR) is 131 cm³/mol. The van der Waals surface area contributed by atoms with E-state index in [2.05, 4.69) is 21.6 Å². The molecule has 2 N–H and O–H groups in total. The van der Waals surface area contributed by atoms with Crippen molar-refractivity contribution in [1.82, 2.24) is 9.97 Å². The summed E-state index contributed by atoms with van der Waals surface area (Å²) in [6.45, 7) is 2.10. The second-order valence-corrected chi connectivity index (χ2v) is 10.7. The van der Waals surface area contributed by atoms with E-state index in [4.69, 9.17) is 11.6 Å². The molecule has 34 heavy (non-hydrogen) atoms. The Hall–Kier alpha value is -1.61. The Morgan fingerprint density at radius 3 is 2.82 bits per heavy atom. The van der Waals surface area contributed by atoms with Crippen LogP contribution >= 0.6 is 22.9 Å². The summed E-state index contributed by atoms with van der Waals surface area (Å²) in [7, 11) is 1.21. The van der Waals surface area contributed by atoms with E-state index in [1.807, 2.05) is 12.3 Å². The van der Waals surface area contributed by atoms with Crippen molar-refractivity contribution < 1.29 is 24.1 Å². The van der Waals surface area contributed by atoms with E-state index < -0.39 is 24.1 Å². The van der Waals surface area contributed by atoms with Gasteiger partial charge in [0.2, 0.25) is 5.95 Å². The minimum atomic E-state index is -0.790. The molecule has 3 rings (SSSR count). The molecule has 0 aromatic carbocycles. The first-order valence-electron chi connectivity index (χ1n) is 12.0. The second kappa shape index (κ2) is 12.9. The number of methoxy groups -OCH3 is 1. The van der Waals surface area contributed by atoms with E-state index in [9.17, 15) is 19.4 Å². The van der Waals surface area contributed by atoms with E-state index in [0.717, 1.165) is 67.4 Å². The molecule has 0 aliphatic heterocycles. The van der Waals surface area contributed by atoms with Crippen molar-refractivity contribution in [3.63, 3.8) is 0 Å². The van der Waals surface area contributed by atoms with Crippen LogP contribution in [0.4, 0.5) is 4.39 Å². The van der Waals surface area contributed by atoms with Gasteiger partial charge in [-0.1, -0.05) is 25.8 Å². The number of hydrogen-bond acceptors (Lipinski definition) is 7. The third kappa shape index (κ3) is 6.97. The monoisotopic (exact) mass is 512 g/mol. The molecule has 0 amide bonds. The first-order valence-corrected chi connectivity index (χ1v) is 13.3. The van der Waals surface area contributed by atoms with Gasteiger partial charge in [-0.2, -0.15) is 4.39 Å². The van der Waals surface area contributed by atoms with Crippen molar-refractivity contribution in [1.29, 1.82) is 0 Å². The van der Waals surface area contributed by atoms with Gasteiger partial charge in [0.25, 0.3) is 0 Å². The fourth-order valence-corrected chi connectivity index (χ4v) is 6.22. The Kier molecular flexibility index (Phi) is 10.2. The lowest BCUT2D eigenvalue weighted by Crippen LogP contribution is -2.21. The Bertz CT molecular complexity index is 943. The van der Waals surface area contributed by atoms with Gasteiger partial charge in [0.1, 0.15) is 0 Å². The van der Waals surface area contributed by atoms with Gasteiger partial charge in [-0.25, -0.2) is 9.78 Å². The molecule has 0 saturated heterocycles. The van der Waals surface area contributed by atoms with Gasteiger partial charge in [0.15, 0.2) is 4.88 Å². The molecule has 6 nitrogen and oxygen atoms in total. The average Bonchev–Trinajstić information content (AvgIpc) is 3.33. The summed E-state index contributed by atoms with van der Waals surface area (Å²) in [6.07, 6.45) is 9.49. The molecule has 1 aliphatic carbocycles. The van der Waals surface area contributed by atoms with Crippen LogP contribution in [0.15, 0.2) is 18.5 Å². The first kappa shape index (κ1) is 27.0. The van der Waals surface area contributed by atoms with E-state index in [-0.39, 0.29) is 22.1 Å². The molecule has 0 bridgehead atoms. The quantitative estimate of drug-likeness (QED) is 0.298. The molecule has 1 aliphatic rings. The van der Waals surface area contributed by atoms with Crippen LogP contribution in [-0.4, -0.2) is 44.7 Å². The Morgan fingerprint density at radius 1 is 1.29 bits per heavy atom. The van der Waals surface area contributed by atoms with Gasteiger partial charge in [-0.15, -0.1) is 22.9 Å². The highest BCUT2D eigenvalue weighted by Crippen LogP contribution is 2.41. The Morgan fingerprint density at radius 2 is 2.09 bits per heavy atom. The van der Waals surface area contributed by atoms with E-state index in [1.54, 1.807) is 6.20 Å². The molecule has 9 heteroatoms. The van der Waals surface area contributed by atoms with Gasteiger partial charge in [-0.3, -0.25) is 4.98 Å². The zero-order valence-corrected chi connectivity index (χ0v) is 21.3. The highest BCUT2D eigenvalue weighted by atomic mass is 35.5. The number of nitrogens with zero attached hydrogens (tertiary/aromatic N) is 2. The number of aliphatic hydroxyl groups is 2. The maximum absolute atomic E-state index is 13.9. The normalized spacial score (nSPS) is 23.2. The summed E-state index contributed by atoms with van der Waals surface area (Å²) in [4.78, 5) is 19.6. The summed E-state index contributed by atoms with van der Waals surface area (Å²) in [5.74, 6) is -1.29. The number of thiazole rings is 1. The highest BCUT2D eigenvalue weighted by Gasteiger charge is 2.40. The number of halogens is 2. The number of alkyl halides is 1. The van der Waals surface area contributed by atoms with E-state index in [0.29, 0.717) is 17.8 Å². The molecule has 188 valence electrons. The van der Waals surface area contributed by atoms with Gasteiger partial charge < -0.3 is 14.9 Å². The highest BCUT2D eigenvalue weighted by molar-refractivity contribution is 7.13. The molecule has 0 radical (unpaired) electrons. The van der Waals surface area contributed by atoms with E-state index in [1.165, 1.54) is 7.11 Å². The number of hydrogen-bond donors (Lipinski definition) is 2. The number of rotatable bonds is 12. The summed E-state index contributed by atoms with van der Waals surface area (Å²) < 4.78 is 18.5. The van der Waals surface area contributed by atoms with Crippen molar-refractivity contribution in [2.24, 2.45) is 11.8 Å². The number of esters is 1. The smallest absolute Gasteiger partial charge is 0.352 e. The summed E-state index contributed by atoms with van der Waals surface area (Å²) >= 11 is 7.63. The van der Waals surface area contributed by atoms with Crippen LogP contribution < -0.4 is 0 Å². The van der Waals surface area contributed by atoms with Crippen molar-refractivity contribution in [3.05, 3.63) is 45.4 Å². The molecule has 3 unspecified atom stereocenters. The number of ether oxygens (including phenoxy) is 1. The van der Waals surface area contributed by atoms with Crippen LogP contribution in [0.1, 0.15) is 83.8 Å². The lowest BCUT2D eigenvalue weighted by molar-refractivity contribution is 0.0600. The number of aryl methyl sites for hydroxylation is 2. The van der Waals surface area contributed by atoms with Crippen LogP contribution in [-0.2, 0) is 17.6 Å². The second-order valence-electron chi connectivity index (χ2n) is 9.08. The van der Waals surface area contributed by atoms with Crippen LogP contribution in [0.2, 0.25) is 0 Å². The molecule has 1 saturated carbocycles. The van der Waals surface area contributed by atoms with Gasteiger partial charge in [0, 0.05) is 17.8 Å². The number of carbonyl (C=O) groups excluding carboxylic acids is 1. The zero-order valence-electron chi connectivity index (χ0n) is 19.8. The van der Waals surface area contributed by atoms with Crippen molar-refractivity contribution in [2.45, 2.75) is 82.3 Å². The molecule has 2 aromatic heterocycles. The SMILES string of the molecule is CCCCC(O)c1cncc(CC[C@H]2C(Cl)CC(O)[C@@H]2CCCc2nc(F)c(C(=O)OC)s2)c1. The topological polar surface area (TPSA) is 92.5 Å². The lowest BCUT2D eigenvalue weighted by Gasteiger charge is -2.23. The van der Waals surface area contributed by atoms with Crippen molar-refractivity contribution in [3.8, 4) is 0 Å². The van der Waals surface area contributed by atoms with Crippen LogP contribution in [0.5, 0.6) is 0 Å². The Labute approximate surface area is 209 Å². The van der Waals surface area contributed by atoms with Gasteiger partial charge in [0.05, 0.1) is 24.3 Å². The van der Waals surface area contributed by atoms with E-state index >= 15 is 0 Å². The number of aromatic nitrogens is 2. The van der Waals surface area contributed by atoms with Gasteiger partial charge in [-0.05, 0) is 67.9 Å². The molecule has 2 heterocycles. The fourth-order valence-electron chi connectivity index (χ4n) is 4.82. The number of aliphatic hydroxyl groups excluding tert-OH is 2. The largest absolute Gasteiger partial charge is 0.465 e. The lowest BCUT2D eigenvalue weighted by atomic mass is 9.85. The average molecular weight is 513 g/mol. The predicted octanol–water partition coefficient (Wildman–Crippen LogP) is 5.25. The number of unbranched alkanes of at least 4 members (excludes halogenated alkanes) is 1. The van der Waals surface area contributed by atoms with Crippen LogP contribution in [0.3, 0.4) is 0 Å². The number of pyridine rings is 1. The van der Waals surface area contributed by atoms with Crippen LogP contribution in [0.25, 0.3) is 0 Å². The van der Waals surface area contributed by atoms with Gasteiger partial charge >= 0.3 is 5.97 Å². The minimum absolute atomic E-state index is 0.0543.